The topological polar surface area (TPSA) is 54.5 Å². The fourth-order valence-electron chi connectivity index (χ4n) is 1.83. The molecule has 0 unspecified atom stereocenters. The normalized spacial score (nSPS) is 11.4. The van der Waals surface area contributed by atoms with Crippen molar-refractivity contribution in [1.29, 1.82) is 0 Å². The van der Waals surface area contributed by atoms with Gasteiger partial charge in [-0.05, 0) is 48.0 Å². The Balaban J connectivity index is 2.59. The maximum Gasteiger partial charge on any atom is 0.264 e. The lowest BCUT2D eigenvalue weighted by Crippen LogP contribution is -2.34. The third-order valence-corrected chi connectivity index (χ3v) is 5.86. The van der Waals surface area contributed by atoms with E-state index in [2.05, 4.69) is 0 Å². The summed E-state index contributed by atoms with van der Waals surface area (Å²) >= 11 is 22.6. The Bertz CT molecular complexity index is 905. The van der Waals surface area contributed by atoms with Crippen molar-refractivity contribution < 1.29 is 17.6 Å². The Morgan fingerprint density at radius 2 is 1.67 bits per heavy atom. The summed E-state index contributed by atoms with van der Waals surface area (Å²) in [6.45, 7) is -0.675. The van der Waals surface area contributed by atoms with E-state index in [1.54, 1.807) is 0 Å². The minimum atomic E-state index is -4.21. The van der Waals surface area contributed by atoms with Crippen molar-refractivity contribution in [3.63, 3.8) is 0 Å². The van der Waals surface area contributed by atoms with Gasteiger partial charge in [-0.1, -0.05) is 34.8 Å². The van der Waals surface area contributed by atoms with Crippen molar-refractivity contribution in [2.75, 3.05) is 10.8 Å². The molecule has 2 aromatic rings. The number of halogens is 5. The first-order valence-corrected chi connectivity index (χ1v) is 9.19. The van der Waals surface area contributed by atoms with Gasteiger partial charge in [-0.15, -0.1) is 0 Å². The van der Waals surface area contributed by atoms with Crippen LogP contribution in [0.5, 0.6) is 0 Å². The molecule has 0 amide bonds. The van der Waals surface area contributed by atoms with Crippen molar-refractivity contribution in [2.24, 2.45) is 0 Å². The lowest BCUT2D eigenvalue weighted by Gasteiger charge is -2.23. The van der Waals surface area contributed by atoms with Gasteiger partial charge in [-0.2, -0.15) is 0 Å². The zero-order valence-corrected chi connectivity index (χ0v) is 15.5. The molecule has 128 valence electrons. The van der Waals surface area contributed by atoms with Crippen LogP contribution in [0.1, 0.15) is 0 Å². The van der Waals surface area contributed by atoms with E-state index >= 15 is 0 Å². The Hall–Kier alpha value is -1.05. The molecule has 10 heteroatoms. The smallest absolute Gasteiger partial charge is 0.264 e. The number of nitrogens with zero attached hydrogens (tertiary/aromatic N) is 1. The molecule has 4 nitrogen and oxygen atoms in total. The second-order valence-electron chi connectivity index (χ2n) is 4.54. The van der Waals surface area contributed by atoms with Crippen molar-refractivity contribution in [1.82, 2.24) is 0 Å². The van der Waals surface area contributed by atoms with Gasteiger partial charge < -0.3 is 0 Å². The number of anilines is 1. The zero-order chi connectivity index (χ0) is 18.1. The van der Waals surface area contributed by atoms with E-state index < -0.39 is 27.6 Å². The number of benzene rings is 2. The van der Waals surface area contributed by atoms with Crippen LogP contribution < -0.4 is 4.31 Å². The molecule has 0 heterocycles. The van der Waals surface area contributed by atoms with Crippen LogP contribution >= 0.6 is 46.4 Å². The first kappa shape index (κ1) is 19.3. The van der Waals surface area contributed by atoms with Crippen LogP contribution in [0.15, 0.2) is 41.3 Å². The molecule has 0 saturated carbocycles. The molecule has 0 bridgehead atoms. The highest BCUT2D eigenvalue weighted by Crippen LogP contribution is 2.30. The molecular weight excluding hydrogens is 423 g/mol. The minimum absolute atomic E-state index is 0.0204. The van der Waals surface area contributed by atoms with E-state index in [4.69, 9.17) is 46.4 Å². The maximum atomic E-state index is 13.3. The molecule has 0 aromatic heterocycles. The van der Waals surface area contributed by atoms with Crippen molar-refractivity contribution in [2.45, 2.75) is 4.90 Å². The number of sulfonamides is 1. The van der Waals surface area contributed by atoms with E-state index in [1.165, 1.54) is 12.1 Å². The van der Waals surface area contributed by atoms with Crippen LogP contribution in [0.2, 0.25) is 15.1 Å². The lowest BCUT2D eigenvalue weighted by molar-refractivity contribution is -0.110. The fraction of sp³-hybridized carbons (Fsp3) is 0.0714. The van der Waals surface area contributed by atoms with Crippen LogP contribution in [-0.4, -0.2) is 20.2 Å². The molecule has 0 fully saturated rings. The molecule has 0 radical (unpaired) electrons. The first-order valence-electron chi connectivity index (χ1n) is 6.24. The molecule has 0 atom stereocenters. The Kier molecular flexibility index (Phi) is 5.99. The summed E-state index contributed by atoms with van der Waals surface area (Å²) in [6.07, 6.45) is 0. The molecular formula is C14H8Cl4FNO3S. The van der Waals surface area contributed by atoms with Crippen molar-refractivity contribution in [3.05, 3.63) is 57.3 Å². The van der Waals surface area contributed by atoms with Crippen LogP contribution in [-0.2, 0) is 14.8 Å². The van der Waals surface area contributed by atoms with Crippen molar-refractivity contribution >= 4 is 67.4 Å². The Morgan fingerprint density at radius 3 is 2.21 bits per heavy atom. The van der Waals surface area contributed by atoms with Crippen LogP contribution in [0.25, 0.3) is 0 Å². The standard InChI is InChI=1S/C14H8Cl4FNO3S/c15-10-3-2-9(6-11(10)16)24(22,23)20(7-14(18)21)8-1-4-13(19)12(17)5-8/h1-6H,7H2. The molecule has 2 aromatic carbocycles. The Labute approximate surface area is 157 Å². The molecule has 0 aliphatic heterocycles. The second kappa shape index (κ2) is 7.45. The fourth-order valence-corrected chi connectivity index (χ4v) is 4.00. The van der Waals surface area contributed by atoms with Gasteiger partial charge in [-0.25, -0.2) is 12.8 Å². The van der Waals surface area contributed by atoms with Gasteiger partial charge in [-0.3, -0.25) is 9.10 Å². The summed E-state index contributed by atoms with van der Waals surface area (Å²) < 4.78 is 39.6. The summed E-state index contributed by atoms with van der Waals surface area (Å²) in [5.41, 5.74) is -0.0264. The van der Waals surface area contributed by atoms with Gasteiger partial charge in [0.25, 0.3) is 10.0 Å². The van der Waals surface area contributed by atoms with Gasteiger partial charge in [0.05, 0.1) is 25.7 Å². The summed E-state index contributed by atoms with van der Waals surface area (Å²) in [5.74, 6) is -0.732. The van der Waals surface area contributed by atoms with Gasteiger partial charge in [0.15, 0.2) is 0 Å². The highest BCUT2D eigenvalue weighted by atomic mass is 35.5. The number of hydrogen-bond donors (Lipinski definition) is 0. The van der Waals surface area contributed by atoms with Crippen LogP contribution in [0.4, 0.5) is 10.1 Å². The molecule has 0 spiro atoms. The van der Waals surface area contributed by atoms with Gasteiger partial charge >= 0.3 is 0 Å². The maximum absolute atomic E-state index is 13.3. The first-order chi connectivity index (χ1) is 11.1. The minimum Gasteiger partial charge on any atom is -0.279 e. The van der Waals surface area contributed by atoms with E-state index in [-0.39, 0.29) is 25.7 Å². The van der Waals surface area contributed by atoms with Crippen molar-refractivity contribution in [3.8, 4) is 0 Å². The van der Waals surface area contributed by atoms with Gasteiger partial charge in [0, 0.05) is 0 Å². The zero-order valence-electron chi connectivity index (χ0n) is 11.6. The lowest BCUT2D eigenvalue weighted by atomic mass is 10.3. The second-order valence-corrected chi connectivity index (χ2v) is 8.05. The summed E-state index contributed by atoms with van der Waals surface area (Å²) in [6, 6.07) is 6.88. The van der Waals surface area contributed by atoms with E-state index in [9.17, 15) is 17.6 Å². The average molecular weight is 431 g/mol. The molecule has 24 heavy (non-hydrogen) atoms. The SMILES string of the molecule is O=C(Cl)CN(c1ccc(F)c(Cl)c1)S(=O)(=O)c1ccc(Cl)c(Cl)c1. The highest BCUT2D eigenvalue weighted by molar-refractivity contribution is 7.92. The van der Waals surface area contributed by atoms with Gasteiger partial charge in [0.1, 0.15) is 12.4 Å². The highest BCUT2D eigenvalue weighted by Gasteiger charge is 2.27. The van der Waals surface area contributed by atoms with Crippen LogP contribution in [0.3, 0.4) is 0 Å². The van der Waals surface area contributed by atoms with E-state index in [0.29, 0.717) is 4.31 Å². The number of carbonyl (C=O) groups excluding carboxylic acids is 1. The van der Waals surface area contributed by atoms with E-state index in [0.717, 1.165) is 24.3 Å². The van der Waals surface area contributed by atoms with Crippen LogP contribution in [0, 0.1) is 5.82 Å². The monoisotopic (exact) mass is 429 g/mol. The molecule has 2 rings (SSSR count). The molecule has 0 aliphatic rings. The predicted molar refractivity (Wildman–Crippen MR) is 93.3 cm³/mol. The molecule has 0 saturated heterocycles. The molecule has 0 N–H and O–H groups in total. The van der Waals surface area contributed by atoms with E-state index in [1.807, 2.05) is 0 Å². The average Bonchev–Trinajstić information content (AvgIpc) is 2.50. The number of hydrogen-bond acceptors (Lipinski definition) is 3. The Morgan fingerprint density at radius 1 is 1.00 bits per heavy atom. The predicted octanol–water partition coefficient (Wildman–Crippen LogP) is 4.75. The number of rotatable bonds is 5. The largest absolute Gasteiger partial charge is 0.279 e. The summed E-state index contributed by atoms with van der Waals surface area (Å²) in [7, 11) is -4.21. The third-order valence-electron chi connectivity index (χ3n) is 2.94. The number of carbonyl (C=O) groups is 1. The quantitative estimate of drug-likeness (QED) is 0.643. The third kappa shape index (κ3) is 4.13. The summed E-state index contributed by atoms with van der Waals surface area (Å²) in [4.78, 5) is 11.1. The van der Waals surface area contributed by atoms with Gasteiger partial charge in [0.2, 0.25) is 5.24 Å². The molecule has 0 aliphatic carbocycles. The summed E-state index contributed by atoms with van der Waals surface area (Å²) in [5, 5.41) is -1.05.